The molecule has 0 spiro atoms. The fraction of sp³-hybridized carbons (Fsp3) is 0.0526. The zero-order chi connectivity index (χ0) is 28.6. The van der Waals surface area contributed by atoms with Crippen LogP contribution in [0.4, 0.5) is 17.1 Å². The smallest absolute Gasteiger partial charge is 0.135 e. The molecule has 2 aromatic heterocycles. The minimum Gasteiger partial charge on any atom is -0.456 e. The minimum atomic E-state index is 0.893. The first kappa shape index (κ1) is 26.5. The first-order chi connectivity index (χ1) is 20.7. The van der Waals surface area contributed by atoms with Crippen molar-refractivity contribution >= 4 is 86.4 Å². The third-order valence-electron chi connectivity index (χ3n) is 7.53. The molecule has 0 aliphatic carbocycles. The van der Waals surface area contributed by atoms with Crippen LogP contribution in [-0.2, 0) is 0 Å². The van der Waals surface area contributed by atoms with Crippen molar-refractivity contribution in [2.24, 2.45) is 0 Å². The van der Waals surface area contributed by atoms with Gasteiger partial charge in [-0.15, -0.1) is 11.3 Å². The number of halogens is 1. The first-order valence-electron chi connectivity index (χ1n) is 14.2. The molecule has 204 valence electrons. The molecule has 0 radical (unpaired) electrons. The highest BCUT2D eigenvalue weighted by molar-refractivity contribution is 9.10. The molecule has 8 aromatic rings. The normalized spacial score (nSPS) is 11.2. The second-order valence-electron chi connectivity index (χ2n) is 9.93. The molecule has 8 rings (SSSR count). The van der Waals surface area contributed by atoms with Crippen LogP contribution in [-0.4, -0.2) is 0 Å². The van der Waals surface area contributed by atoms with E-state index in [0.29, 0.717) is 0 Å². The van der Waals surface area contributed by atoms with Gasteiger partial charge in [-0.25, -0.2) is 0 Å². The molecule has 0 saturated heterocycles. The second-order valence-corrected chi connectivity index (χ2v) is 11.8. The number of nitrogens with zero attached hydrogens (tertiary/aromatic N) is 1. The molecule has 4 heteroatoms. The van der Waals surface area contributed by atoms with Gasteiger partial charge in [-0.1, -0.05) is 92.7 Å². The van der Waals surface area contributed by atoms with Gasteiger partial charge < -0.3 is 9.32 Å². The molecule has 0 aliphatic rings. The Kier molecular flexibility index (Phi) is 7.02. The van der Waals surface area contributed by atoms with E-state index in [1.54, 1.807) is 0 Å². The van der Waals surface area contributed by atoms with E-state index < -0.39 is 0 Å². The van der Waals surface area contributed by atoms with Crippen LogP contribution in [0.2, 0.25) is 0 Å². The Hall–Kier alpha value is -4.38. The molecule has 42 heavy (non-hydrogen) atoms. The Bertz CT molecular complexity index is 2180. The predicted octanol–water partition coefficient (Wildman–Crippen LogP) is 12.9. The Balaban J connectivity index is 0.00000141. The average Bonchev–Trinajstić information content (AvgIpc) is 3.62. The molecule has 6 aromatic carbocycles. The van der Waals surface area contributed by atoms with Crippen molar-refractivity contribution in [1.29, 1.82) is 0 Å². The van der Waals surface area contributed by atoms with E-state index in [0.717, 1.165) is 43.5 Å². The molecule has 0 aliphatic heterocycles. The highest BCUT2D eigenvalue weighted by Gasteiger charge is 2.18. The van der Waals surface area contributed by atoms with E-state index in [2.05, 4.69) is 142 Å². The van der Waals surface area contributed by atoms with Crippen molar-refractivity contribution in [3.05, 3.63) is 138 Å². The molecule has 0 N–H and O–H groups in total. The molecule has 0 saturated carbocycles. The van der Waals surface area contributed by atoms with E-state index in [1.807, 2.05) is 37.3 Å². The van der Waals surface area contributed by atoms with Gasteiger partial charge in [0, 0.05) is 52.5 Å². The Morgan fingerprint density at radius 2 is 1.14 bits per heavy atom. The summed E-state index contributed by atoms with van der Waals surface area (Å²) in [5.41, 5.74) is 7.48. The number of fused-ring (bicyclic) bond motifs is 6. The van der Waals surface area contributed by atoms with Crippen LogP contribution in [0.1, 0.15) is 13.8 Å². The van der Waals surface area contributed by atoms with Gasteiger partial charge in [0.15, 0.2) is 0 Å². The maximum atomic E-state index is 6.15. The summed E-state index contributed by atoms with van der Waals surface area (Å²) in [5, 5.41) is 4.77. The Morgan fingerprint density at radius 3 is 1.95 bits per heavy atom. The predicted molar refractivity (Wildman–Crippen MR) is 186 cm³/mol. The van der Waals surface area contributed by atoms with Crippen LogP contribution in [0.3, 0.4) is 0 Å². The van der Waals surface area contributed by atoms with Crippen molar-refractivity contribution in [1.82, 2.24) is 0 Å². The van der Waals surface area contributed by atoms with E-state index in [-0.39, 0.29) is 0 Å². The third kappa shape index (κ3) is 4.57. The van der Waals surface area contributed by atoms with Crippen LogP contribution < -0.4 is 4.90 Å². The van der Waals surface area contributed by atoms with E-state index in [1.165, 1.54) is 31.3 Å². The Morgan fingerprint density at radius 1 is 0.524 bits per heavy atom. The zero-order valence-electron chi connectivity index (χ0n) is 23.3. The van der Waals surface area contributed by atoms with Crippen LogP contribution in [0, 0.1) is 0 Å². The average molecular weight is 627 g/mol. The summed E-state index contributed by atoms with van der Waals surface area (Å²) < 4.78 is 9.81. The Labute approximate surface area is 257 Å². The van der Waals surface area contributed by atoms with Crippen molar-refractivity contribution < 1.29 is 4.42 Å². The van der Waals surface area contributed by atoms with Crippen molar-refractivity contribution in [2.75, 3.05) is 4.90 Å². The van der Waals surface area contributed by atoms with Crippen molar-refractivity contribution in [3.63, 3.8) is 0 Å². The van der Waals surface area contributed by atoms with Gasteiger partial charge in [0.05, 0.1) is 0 Å². The van der Waals surface area contributed by atoms with Crippen molar-refractivity contribution in [3.8, 4) is 11.1 Å². The quantitative estimate of drug-likeness (QED) is 0.193. The van der Waals surface area contributed by atoms with Gasteiger partial charge in [0.25, 0.3) is 0 Å². The fourth-order valence-corrected chi connectivity index (χ4v) is 7.41. The van der Waals surface area contributed by atoms with Crippen LogP contribution in [0.25, 0.3) is 53.2 Å². The summed E-state index contributed by atoms with van der Waals surface area (Å²) in [6, 6.07) is 47.3. The number of rotatable bonds is 4. The summed E-state index contributed by atoms with van der Waals surface area (Å²) in [6.45, 7) is 4.00. The standard InChI is InChI=1S/C36H22BrNOS.C2H6/c37-32-22-27(21-31-29-11-5-7-13-35(29)40-36(31)32)38(25-16-14-24(15-17-25)23-8-2-1-3-9-23)26-18-19-34-30(20-26)28-10-4-6-12-33(28)39-34;1-2/h1-22H;1-2H3. The van der Waals surface area contributed by atoms with Gasteiger partial charge in [0.2, 0.25) is 0 Å². The van der Waals surface area contributed by atoms with E-state index >= 15 is 0 Å². The number of para-hydroxylation sites is 1. The lowest BCUT2D eigenvalue weighted by atomic mass is 10.0. The lowest BCUT2D eigenvalue weighted by Gasteiger charge is -2.26. The highest BCUT2D eigenvalue weighted by Crippen LogP contribution is 2.45. The topological polar surface area (TPSA) is 16.4 Å². The van der Waals surface area contributed by atoms with E-state index in [9.17, 15) is 0 Å². The number of anilines is 3. The lowest BCUT2D eigenvalue weighted by Crippen LogP contribution is -2.10. The fourth-order valence-electron chi connectivity index (χ4n) is 5.63. The molecule has 0 fully saturated rings. The minimum absolute atomic E-state index is 0.893. The van der Waals surface area contributed by atoms with Crippen LogP contribution >= 0.6 is 27.3 Å². The van der Waals surface area contributed by atoms with Crippen LogP contribution in [0.5, 0.6) is 0 Å². The number of furan rings is 1. The number of hydrogen-bond donors (Lipinski definition) is 0. The molecule has 2 heterocycles. The van der Waals surface area contributed by atoms with Gasteiger partial charge in [-0.3, -0.25) is 0 Å². The first-order valence-corrected chi connectivity index (χ1v) is 15.8. The van der Waals surface area contributed by atoms with Crippen molar-refractivity contribution in [2.45, 2.75) is 13.8 Å². The molecule has 2 nitrogen and oxygen atoms in total. The maximum absolute atomic E-state index is 6.15. The lowest BCUT2D eigenvalue weighted by molar-refractivity contribution is 0.669. The molecule has 0 bridgehead atoms. The summed E-state index contributed by atoms with van der Waals surface area (Å²) in [6.07, 6.45) is 0. The number of hydrogen-bond acceptors (Lipinski definition) is 3. The summed E-state index contributed by atoms with van der Waals surface area (Å²) in [4.78, 5) is 2.34. The number of benzene rings is 6. The largest absolute Gasteiger partial charge is 0.456 e. The van der Waals surface area contributed by atoms with Gasteiger partial charge in [-0.2, -0.15) is 0 Å². The molecule has 0 unspecified atom stereocenters. The van der Waals surface area contributed by atoms with Gasteiger partial charge in [0.1, 0.15) is 11.2 Å². The molecular weight excluding hydrogens is 598 g/mol. The second kappa shape index (κ2) is 11.1. The van der Waals surface area contributed by atoms with E-state index in [4.69, 9.17) is 4.42 Å². The zero-order valence-corrected chi connectivity index (χ0v) is 25.7. The molecular formula is C38H28BrNOS. The SMILES string of the molecule is Brc1cc(N(c2ccc(-c3ccccc3)cc2)c2ccc3oc4ccccc4c3c2)cc2c1sc1ccccc12.CC. The monoisotopic (exact) mass is 625 g/mol. The third-order valence-corrected chi connectivity index (χ3v) is 9.63. The van der Waals surface area contributed by atoms with Crippen LogP contribution in [0.15, 0.2) is 142 Å². The molecule has 0 amide bonds. The summed E-state index contributed by atoms with van der Waals surface area (Å²) in [7, 11) is 0. The van der Waals surface area contributed by atoms with Gasteiger partial charge >= 0.3 is 0 Å². The molecule has 0 atom stereocenters. The maximum Gasteiger partial charge on any atom is 0.135 e. The summed E-state index contributed by atoms with van der Waals surface area (Å²) >= 11 is 5.74. The summed E-state index contributed by atoms with van der Waals surface area (Å²) in [5.74, 6) is 0. The number of thiophene rings is 1. The van der Waals surface area contributed by atoms with Gasteiger partial charge in [-0.05, 0) is 81.7 Å². The highest BCUT2D eigenvalue weighted by atomic mass is 79.9.